The summed E-state index contributed by atoms with van der Waals surface area (Å²) in [6, 6.07) is 7.54. The van der Waals surface area contributed by atoms with Gasteiger partial charge in [-0.25, -0.2) is 9.98 Å². The number of aliphatic imine (C=N–C) groups is 1. The Hall–Kier alpha value is -2.58. The highest BCUT2D eigenvalue weighted by molar-refractivity contribution is 7.13. The molecule has 1 atom stereocenters. The molecule has 0 aromatic carbocycles. The molecule has 0 amide bonds. The van der Waals surface area contributed by atoms with Gasteiger partial charge in [-0.1, -0.05) is 6.07 Å². The van der Waals surface area contributed by atoms with E-state index in [9.17, 15) is 5.11 Å². The van der Waals surface area contributed by atoms with Gasteiger partial charge < -0.3 is 24.6 Å². The summed E-state index contributed by atoms with van der Waals surface area (Å²) in [5, 5.41) is 18.9. The van der Waals surface area contributed by atoms with E-state index in [1.54, 1.807) is 30.6 Å². The topological polar surface area (TPSA) is 95.8 Å². The van der Waals surface area contributed by atoms with Gasteiger partial charge in [-0.05, 0) is 44.4 Å². The van der Waals surface area contributed by atoms with Crippen molar-refractivity contribution in [3.05, 3.63) is 53.1 Å². The largest absolute Gasteiger partial charge is 0.463 e. The molecule has 3 rings (SSSR count). The van der Waals surface area contributed by atoms with Crippen molar-refractivity contribution in [2.45, 2.75) is 32.9 Å². The molecule has 0 saturated carbocycles. The average molecular weight is 388 g/mol. The van der Waals surface area contributed by atoms with Gasteiger partial charge in [0.05, 0.1) is 18.0 Å². The molecule has 0 fully saturated rings. The van der Waals surface area contributed by atoms with Crippen LogP contribution in [0.5, 0.6) is 0 Å². The first-order valence-electron chi connectivity index (χ1n) is 8.77. The molecule has 144 valence electrons. The van der Waals surface area contributed by atoms with Crippen LogP contribution in [-0.4, -0.2) is 29.1 Å². The Morgan fingerprint density at radius 1 is 1.33 bits per heavy atom. The lowest BCUT2D eigenvalue weighted by molar-refractivity contribution is 0.0378. The molecule has 0 aliphatic carbocycles. The number of rotatable bonds is 7. The minimum absolute atomic E-state index is 0.255. The van der Waals surface area contributed by atoms with E-state index in [2.05, 4.69) is 20.6 Å². The van der Waals surface area contributed by atoms with Gasteiger partial charge in [-0.3, -0.25) is 0 Å². The molecule has 7 nitrogen and oxygen atoms in total. The summed E-state index contributed by atoms with van der Waals surface area (Å²) in [7, 11) is 0. The average Bonchev–Trinajstić information content (AvgIpc) is 3.37. The van der Waals surface area contributed by atoms with E-state index in [1.165, 1.54) is 0 Å². The minimum Gasteiger partial charge on any atom is -0.463 e. The number of furan rings is 1. The number of oxazole rings is 1. The number of aromatic nitrogens is 1. The third-order valence-electron chi connectivity index (χ3n) is 3.90. The van der Waals surface area contributed by atoms with E-state index in [4.69, 9.17) is 8.83 Å². The molecule has 0 bridgehead atoms. The number of aliphatic hydroxyl groups is 1. The van der Waals surface area contributed by atoms with Crippen molar-refractivity contribution in [3.63, 3.8) is 0 Å². The quantitative estimate of drug-likeness (QED) is 0.425. The second-order valence-corrected chi connectivity index (χ2v) is 7.30. The van der Waals surface area contributed by atoms with Crippen LogP contribution in [0.15, 0.2) is 49.7 Å². The number of thiophene rings is 1. The normalized spacial score (nSPS) is 14.1. The summed E-state index contributed by atoms with van der Waals surface area (Å²) in [6.45, 7) is 6.86. The van der Waals surface area contributed by atoms with Crippen molar-refractivity contribution >= 4 is 17.3 Å². The van der Waals surface area contributed by atoms with Crippen molar-refractivity contribution < 1.29 is 13.9 Å². The second kappa shape index (κ2) is 8.41. The van der Waals surface area contributed by atoms with Gasteiger partial charge in [0.1, 0.15) is 29.1 Å². The van der Waals surface area contributed by atoms with Crippen LogP contribution in [0.4, 0.5) is 0 Å². The molecule has 0 aliphatic rings. The Balaban J connectivity index is 1.63. The van der Waals surface area contributed by atoms with Gasteiger partial charge in [-0.15, -0.1) is 11.3 Å². The van der Waals surface area contributed by atoms with Gasteiger partial charge in [0.15, 0.2) is 5.96 Å². The van der Waals surface area contributed by atoms with Gasteiger partial charge in [0.2, 0.25) is 5.89 Å². The Morgan fingerprint density at radius 3 is 2.85 bits per heavy atom. The lowest BCUT2D eigenvalue weighted by atomic mass is 10.0. The molecular weight excluding hydrogens is 364 g/mol. The number of guanidine groups is 1. The monoisotopic (exact) mass is 388 g/mol. The van der Waals surface area contributed by atoms with Crippen LogP contribution < -0.4 is 10.6 Å². The number of hydrogen-bond donors (Lipinski definition) is 3. The van der Waals surface area contributed by atoms with E-state index in [1.807, 2.05) is 37.4 Å². The summed E-state index contributed by atoms with van der Waals surface area (Å²) < 4.78 is 11.0. The zero-order valence-electron chi connectivity index (χ0n) is 15.7. The molecule has 3 heterocycles. The summed E-state index contributed by atoms with van der Waals surface area (Å²) in [5.41, 5.74) is -0.408. The fourth-order valence-electron chi connectivity index (χ4n) is 2.46. The van der Waals surface area contributed by atoms with E-state index >= 15 is 0 Å². The molecule has 0 radical (unpaired) electrons. The highest BCUT2D eigenvalue weighted by atomic mass is 32.1. The predicted molar refractivity (Wildman–Crippen MR) is 106 cm³/mol. The van der Waals surface area contributed by atoms with Gasteiger partial charge >= 0.3 is 0 Å². The SMILES string of the molecule is CCNC(=NCc1coc(-c2cccs2)n1)NCC(C)(O)c1ccc(C)o1. The highest BCUT2D eigenvalue weighted by Crippen LogP contribution is 2.24. The van der Waals surface area contributed by atoms with Crippen LogP contribution in [0.1, 0.15) is 31.1 Å². The van der Waals surface area contributed by atoms with E-state index in [0.29, 0.717) is 30.7 Å². The Bertz CT molecular complexity index is 881. The van der Waals surface area contributed by atoms with Gasteiger partial charge in [0, 0.05) is 6.54 Å². The molecule has 0 spiro atoms. The second-order valence-electron chi connectivity index (χ2n) is 6.35. The molecule has 27 heavy (non-hydrogen) atoms. The third kappa shape index (κ3) is 4.99. The molecule has 8 heteroatoms. The third-order valence-corrected chi connectivity index (χ3v) is 4.76. The van der Waals surface area contributed by atoms with E-state index < -0.39 is 5.60 Å². The molecule has 3 aromatic rings. The Kier molecular flexibility index (Phi) is 5.98. The molecule has 3 aromatic heterocycles. The predicted octanol–water partition coefficient (Wildman–Crippen LogP) is 3.27. The maximum absolute atomic E-state index is 10.6. The van der Waals surface area contributed by atoms with E-state index in [0.717, 1.165) is 16.3 Å². The first-order valence-corrected chi connectivity index (χ1v) is 9.65. The smallest absolute Gasteiger partial charge is 0.236 e. The first kappa shape index (κ1) is 19.2. The van der Waals surface area contributed by atoms with Crippen LogP contribution >= 0.6 is 11.3 Å². The Labute approximate surface area is 162 Å². The minimum atomic E-state index is -1.15. The van der Waals surface area contributed by atoms with Gasteiger partial charge in [-0.2, -0.15) is 0 Å². The summed E-state index contributed by atoms with van der Waals surface area (Å²) >= 11 is 1.58. The first-order chi connectivity index (χ1) is 13.0. The van der Waals surface area contributed by atoms with E-state index in [-0.39, 0.29) is 6.54 Å². The summed E-state index contributed by atoms with van der Waals surface area (Å²) in [4.78, 5) is 9.96. The number of nitrogens with one attached hydrogen (secondary N) is 2. The molecule has 0 aliphatic heterocycles. The summed E-state index contributed by atoms with van der Waals surface area (Å²) in [6.07, 6.45) is 1.61. The maximum Gasteiger partial charge on any atom is 0.236 e. The number of aryl methyl sites for hydroxylation is 1. The fraction of sp³-hybridized carbons (Fsp3) is 0.368. The lowest BCUT2D eigenvalue weighted by Gasteiger charge is -2.22. The molecule has 1 unspecified atom stereocenters. The van der Waals surface area contributed by atoms with Crippen molar-refractivity contribution in [1.29, 1.82) is 0 Å². The number of nitrogens with zero attached hydrogens (tertiary/aromatic N) is 2. The summed E-state index contributed by atoms with van der Waals surface area (Å²) in [5.74, 6) is 2.46. The Morgan fingerprint density at radius 2 is 2.19 bits per heavy atom. The molecule has 3 N–H and O–H groups in total. The zero-order chi connectivity index (χ0) is 19.3. The highest BCUT2D eigenvalue weighted by Gasteiger charge is 2.27. The van der Waals surface area contributed by atoms with Crippen LogP contribution in [0.25, 0.3) is 10.8 Å². The van der Waals surface area contributed by atoms with Crippen molar-refractivity contribution in [2.75, 3.05) is 13.1 Å². The van der Waals surface area contributed by atoms with Crippen LogP contribution in [0.2, 0.25) is 0 Å². The van der Waals surface area contributed by atoms with Crippen LogP contribution in [0, 0.1) is 6.92 Å². The van der Waals surface area contributed by atoms with Gasteiger partial charge in [0.25, 0.3) is 0 Å². The fourth-order valence-corrected chi connectivity index (χ4v) is 3.12. The van der Waals surface area contributed by atoms with Crippen LogP contribution in [0.3, 0.4) is 0 Å². The van der Waals surface area contributed by atoms with Crippen molar-refractivity contribution in [3.8, 4) is 10.8 Å². The van der Waals surface area contributed by atoms with Crippen molar-refractivity contribution in [1.82, 2.24) is 15.6 Å². The zero-order valence-corrected chi connectivity index (χ0v) is 16.5. The maximum atomic E-state index is 10.6. The van der Waals surface area contributed by atoms with Crippen LogP contribution in [-0.2, 0) is 12.1 Å². The number of hydrogen-bond acceptors (Lipinski definition) is 6. The standard InChI is InChI=1S/C19H24N4O3S/c1-4-20-18(22-12-19(3,24)16-8-7-13(2)26-16)21-10-14-11-25-17(23-14)15-6-5-9-27-15/h5-9,11,24H,4,10,12H2,1-3H3,(H2,20,21,22). The lowest BCUT2D eigenvalue weighted by Crippen LogP contribution is -2.44. The molecular formula is C19H24N4O3S. The van der Waals surface area contributed by atoms with Crippen molar-refractivity contribution in [2.24, 2.45) is 4.99 Å². The molecule has 0 saturated heterocycles.